The molecule has 0 saturated carbocycles. The van der Waals surface area contributed by atoms with Gasteiger partial charge in [0.05, 0.1) is 17.7 Å². The lowest BCUT2D eigenvalue weighted by atomic mass is 10.1. The number of hydrogen-bond donors (Lipinski definition) is 1. The molecule has 0 aliphatic heterocycles. The maximum atomic E-state index is 14.2. The second-order valence-corrected chi connectivity index (χ2v) is 12.1. The molecule has 0 heterocycles. The average molecular weight is 580 g/mol. The Morgan fingerprint density at radius 2 is 1.56 bits per heavy atom. The van der Waals surface area contributed by atoms with Crippen LogP contribution in [0, 0.1) is 13.8 Å². The number of methoxy groups -OCH3 is 1. The lowest BCUT2D eigenvalue weighted by molar-refractivity contribution is -0.140. The summed E-state index contributed by atoms with van der Waals surface area (Å²) in [6.45, 7) is 9.23. The minimum atomic E-state index is -4.10. The molecule has 9 heteroatoms. The average Bonchev–Trinajstić information content (AvgIpc) is 2.97. The van der Waals surface area contributed by atoms with Crippen LogP contribution in [0.2, 0.25) is 0 Å². The monoisotopic (exact) mass is 579 g/mol. The maximum absolute atomic E-state index is 14.2. The van der Waals surface area contributed by atoms with Crippen LogP contribution in [0.25, 0.3) is 0 Å². The minimum Gasteiger partial charge on any atom is -0.497 e. The Hall–Kier alpha value is -3.85. The van der Waals surface area contributed by atoms with Crippen molar-refractivity contribution < 1.29 is 22.7 Å². The number of amides is 2. The number of benzene rings is 3. The molecule has 2 atom stereocenters. The Labute approximate surface area is 244 Å². The first-order valence-corrected chi connectivity index (χ1v) is 15.3. The number of anilines is 1. The first kappa shape index (κ1) is 31.7. The first-order valence-electron chi connectivity index (χ1n) is 13.9. The van der Waals surface area contributed by atoms with E-state index in [9.17, 15) is 18.0 Å². The van der Waals surface area contributed by atoms with Crippen LogP contribution < -0.4 is 14.4 Å². The predicted octanol–water partition coefficient (Wildman–Crippen LogP) is 5.23. The van der Waals surface area contributed by atoms with Gasteiger partial charge in [0, 0.05) is 12.6 Å². The number of nitrogens with one attached hydrogen (secondary N) is 1. The molecule has 0 saturated heterocycles. The topological polar surface area (TPSA) is 96.0 Å². The number of carbonyl (C=O) groups excluding carboxylic acids is 2. The highest BCUT2D eigenvalue weighted by Gasteiger charge is 2.34. The molecule has 8 nitrogen and oxygen atoms in total. The van der Waals surface area contributed by atoms with Gasteiger partial charge in [-0.1, -0.05) is 50.2 Å². The molecule has 0 aliphatic rings. The molecule has 0 bridgehead atoms. The number of aryl methyl sites for hydroxylation is 2. The van der Waals surface area contributed by atoms with Gasteiger partial charge in [0.15, 0.2) is 0 Å². The van der Waals surface area contributed by atoms with Crippen LogP contribution in [0.15, 0.2) is 77.7 Å². The molecule has 0 spiro atoms. The van der Waals surface area contributed by atoms with Gasteiger partial charge in [0.1, 0.15) is 18.3 Å². The fourth-order valence-corrected chi connectivity index (χ4v) is 5.84. The second-order valence-electron chi connectivity index (χ2n) is 10.2. The van der Waals surface area contributed by atoms with Gasteiger partial charge in [0.2, 0.25) is 11.8 Å². The van der Waals surface area contributed by atoms with E-state index in [1.165, 1.54) is 17.0 Å². The number of ether oxygens (including phenoxy) is 1. The van der Waals surface area contributed by atoms with Crippen LogP contribution in [0.3, 0.4) is 0 Å². The van der Waals surface area contributed by atoms with Crippen LogP contribution in [0.4, 0.5) is 5.69 Å². The number of nitrogens with zero attached hydrogens (tertiary/aromatic N) is 2. The van der Waals surface area contributed by atoms with E-state index in [1.54, 1.807) is 49.6 Å². The Balaban J connectivity index is 2.06. The Bertz CT molecular complexity index is 1430. The molecule has 41 heavy (non-hydrogen) atoms. The van der Waals surface area contributed by atoms with Crippen molar-refractivity contribution >= 4 is 27.5 Å². The molecule has 2 amide bonds. The van der Waals surface area contributed by atoms with Crippen molar-refractivity contribution in [2.24, 2.45) is 0 Å². The minimum absolute atomic E-state index is 0.0695. The number of sulfonamides is 1. The summed E-state index contributed by atoms with van der Waals surface area (Å²) in [6.07, 6.45) is 1.10. The molecule has 0 radical (unpaired) electrons. The Morgan fingerprint density at radius 3 is 2.12 bits per heavy atom. The zero-order chi connectivity index (χ0) is 30.2. The molecule has 3 aromatic rings. The van der Waals surface area contributed by atoms with Crippen LogP contribution in [0.5, 0.6) is 5.75 Å². The molecule has 0 aliphatic carbocycles. The third kappa shape index (κ3) is 7.88. The van der Waals surface area contributed by atoms with Gasteiger partial charge >= 0.3 is 0 Å². The summed E-state index contributed by atoms with van der Waals surface area (Å²) in [4.78, 5) is 29.1. The van der Waals surface area contributed by atoms with E-state index in [4.69, 9.17) is 4.74 Å². The molecule has 1 N–H and O–H groups in total. The maximum Gasteiger partial charge on any atom is 0.264 e. The molecule has 3 rings (SSSR count). The van der Waals surface area contributed by atoms with E-state index >= 15 is 0 Å². The lowest BCUT2D eigenvalue weighted by Crippen LogP contribution is -2.53. The van der Waals surface area contributed by atoms with Gasteiger partial charge in [-0.3, -0.25) is 13.9 Å². The SMILES string of the molecule is CCC(C)NC(=O)C(CC)N(Cc1ccc(OC)cc1)C(=O)CN(c1ccc(C)c(C)c1)S(=O)(=O)c1ccccc1. The molecule has 3 aromatic carbocycles. The highest BCUT2D eigenvalue weighted by molar-refractivity contribution is 7.92. The zero-order valence-electron chi connectivity index (χ0n) is 24.8. The van der Waals surface area contributed by atoms with Crippen molar-refractivity contribution in [2.45, 2.75) is 71.0 Å². The molecule has 220 valence electrons. The van der Waals surface area contributed by atoms with Crippen molar-refractivity contribution in [3.63, 3.8) is 0 Å². The summed E-state index contributed by atoms with van der Waals surface area (Å²) in [5.74, 6) is -0.0832. The molecular weight excluding hydrogens is 538 g/mol. The van der Waals surface area contributed by atoms with E-state index in [1.807, 2.05) is 52.8 Å². The lowest BCUT2D eigenvalue weighted by Gasteiger charge is -2.34. The third-order valence-corrected chi connectivity index (χ3v) is 9.08. The fourth-order valence-electron chi connectivity index (χ4n) is 4.42. The molecular formula is C32H41N3O5S. The van der Waals surface area contributed by atoms with Gasteiger partial charge in [-0.15, -0.1) is 0 Å². The summed E-state index contributed by atoms with van der Waals surface area (Å²) in [5.41, 5.74) is 3.08. The van der Waals surface area contributed by atoms with Crippen LogP contribution in [0.1, 0.15) is 50.3 Å². The first-order chi connectivity index (χ1) is 19.5. The van der Waals surface area contributed by atoms with Crippen LogP contribution in [-0.2, 0) is 26.2 Å². The van der Waals surface area contributed by atoms with Gasteiger partial charge < -0.3 is 15.0 Å². The van der Waals surface area contributed by atoms with Crippen molar-refractivity contribution in [1.82, 2.24) is 10.2 Å². The summed E-state index contributed by atoms with van der Waals surface area (Å²) in [5, 5.41) is 2.99. The normalized spacial score (nSPS) is 12.7. The predicted molar refractivity (Wildman–Crippen MR) is 162 cm³/mol. The molecule has 2 unspecified atom stereocenters. The number of hydrogen-bond acceptors (Lipinski definition) is 5. The Morgan fingerprint density at radius 1 is 0.902 bits per heavy atom. The molecule has 0 fully saturated rings. The smallest absolute Gasteiger partial charge is 0.264 e. The van der Waals surface area contributed by atoms with Crippen LogP contribution >= 0.6 is 0 Å². The fraction of sp³-hybridized carbons (Fsp3) is 0.375. The van der Waals surface area contributed by atoms with Crippen molar-refractivity contribution in [2.75, 3.05) is 18.0 Å². The summed E-state index contributed by atoms with van der Waals surface area (Å²) >= 11 is 0. The zero-order valence-corrected chi connectivity index (χ0v) is 25.6. The quantitative estimate of drug-likeness (QED) is 0.299. The van der Waals surface area contributed by atoms with E-state index in [0.717, 1.165) is 27.4 Å². The van der Waals surface area contributed by atoms with Gasteiger partial charge in [-0.05, 0) is 86.7 Å². The summed E-state index contributed by atoms with van der Waals surface area (Å²) < 4.78 is 34.3. The summed E-state index contributed by atoms with van der Waals surface area (Å²) in [6, 6.07) is 19.8. The van der Waals surface area contributed by atoms with E-state index in [-0.39, 0.29) is 23.4 Å². The van der Waals surface area contributed by atoms with Gasteiger partial charge in [0.25, 0.3) is 10.0 Å². The van der Waals surface area contributed by atoms with Crippen molar-refractivity contribution in [3.8, 4) is 5.75 Å². The number of carbonyl (C=O) groups is 2. The van der Waals surface area contributed by atoms with E-state index < -0.39 is 28.5 Å². The second kappa shape index (κ2) is 14.2. The molecule has 0 aromatic heterocycles. The highest BCUT2D eigenvalue weighted by Crippen LogP contribution is 2.27. The van der Waals surface area contributed by atoms with Crippen LogP contribution in [-0.4, -0.2) is 50.9 Å². The van der Waals surface area contributed by atoms with Crippen molar-refractivity contribution in [1.29, 1.82) is 0 Å². The van der Waals surface area contributed by atoms with Gasteiger partial charge in [-0.25, -0.2) is 8.42 Å². The third-order valence-electron chi connectivity index (χ3n) is 7.29. The van der Waals surface area contributed by atoms with E-state index in [2.05, 4.69) is 5.32 Å². The standard InChI is InChI=1S/C32H41N3O5S/c1-7-25(5)33-32(37)30(8-2)34(21-26-15-18-28(40-6)19-16-26)31(36)22-35(27-17-14-23(3)24(4)20-27)41(38,39)29-12-10-9-11-13-29/h9-20,25,30H,7-8,21-22H2,1-6H3,(H,33,37). The van der Waals surface area contributed by atoms with E-state index in [0.29, 0.717) is 17.9 Å². The largest absolute Gasteiger partial charge is 0.497 e. The van der Waals surface area contributed by atoms with Crippen molar-refractivity contribution in [3.05, 3.63) is 89.5 Å². The Kier molecular flexibility index (Phi) is 10.9. The van der Waals surface area contributed by atoms with Gasteiger partial charge in [-0.2, -0.15) is 0 Å². The highest BCUT2D eigenvalue weighted by atomic mass is 32.2. The number of rotatable bonds is 13. The summed E-state index contributed by atoms with van der Waals surface area (Å²) in [7, 11) is -2.53.